The number of benzene rings is 2. The van der Waals surface area contributed by atoms with E-state index in [1.54, 1.807) is 37.3 Å². The Hall–Kier alpha value is -2.07. The molecule has 0 aromatic heterocycles. The van der Waals surface area contributed by atoms with Crippen LogP contribution >= 0.6 is 11.6 Å². The molecule has 0 fully saturated rings. The summed E-state index contributed by atoms with van der Waals surface area (Å²) in [5, 5.41) is 5.62. The molecule has 2 rings (SSSR count). The fourth-order valence-corrected chi connectivity index (χ4v) is 1.76. The Morgan fingerprint density at radius 2 is 1.68 bits per heavy atom. The number of hydrogen-bond acceptors (Lipinski definition) is 1. The van der Waals surface area contributed by atoms with E-state index >= 15 is 0 Å². The smallest absolute Gasteiger partial charge is 0.307 e. The topological polar surface area (TPSA) is 41.1 Å². The Labute approximate surface area is 115 Å². The number of rotatable bonds is 2. The molecule has 0 aliphatic heterocycles. The molecule has 98 valence electrons. The van der Waals surface area contributed by atoms with Crippen molar-refractivity contribution < 1.29 is 9.18 Å². The highest BCUT2D eigenvalue weighted by Crippen LogP contribution is 2.23. The van der Waals surface area contributed by atoms with Crippen LogP contribution in [0.4, 0.5) is 20.6 Å². The molecular weight excluding hydrogens is 267 g/mol. The molecule has 0 heterocycles. The van der Waals surface area contributed by atoms with Crippen LogP contribution in [0.3, 0.4) is 0 Å². The maximum atomic E-state index is 13.4. The van der Waals surface area contributed by atoms with Gasteiger partial charge in [0.1, 0.15) is 5.82 Å². The Balaban J connectivity index is 2.10. The number of urea groups is 1. The van der Waals surface area contributed by atoms with Gasteiger partial charge in [0.15, 0.2) is 0 Å². The van der Waals surface area contributed by atoms with Gasteiger partial charge in [-0.25, -0.2) is 9.18 Å². The molecule has 0 saturated heterocycles. The van der Waals surface area contributed by atoms with E-state index in [2.05, 4.69) is 10.6 Å². The number of para-hydroxylation sites is 1. The van der Waals surface area contributed by atoms with Crippen molar-refractivity contribution in [2.24, 2.45) is 0 Å². The molecule has 0 spiro atoms. The van der Waals surface area contributed by atoms with E-state index in [9.17, 15) is 9.18 Å². The summed E-state index contributed by atoms with van der Waals surface area (Å²) in [5.74, 6) is -0.486. The molecule has 2 amide bonds. The first-order valence-electron chi connectivity index (χ1n) is 5.65. The van der Waals surface area contributed by atoms with Crippen molar-refractivity contribution in [1.82, 2.24) is 0 Å². The maximum Gasteiger partial charge on any atom is 0.323 e. The Morgan fingerprint density at radius 3 is 2.42 bits per heavy atom. The van der Waals surface area contributed by atoms with Crippen molar-refractivity contribution in [2.45, 2.75) is 6.92 Å². The van der Waals surface area contributed by atoms with Gasteiger partial charge in [-0.15, -0.1) is 0 Å². The molecule has 3 nitrogen and oxygen atoms in total. The van der Waals surface area contributed by atoms with E-state index in [0.29, 0.717) is 10.7 Å². The van der Waals surface area contributed by atoms with E-state index in [1.807, 2.05) is 0 Å². The third-order valence-corrected chi connectivity index (χ3v) is 3.05. The zero-order valence-electron chi connectivity index (χ0n) is 10.2. The zero-order valence-corrected chi connectivity index (χ0v) is 11.0. The predicted octanol–water partition coefficient (Wildman–Crippen LogP) is 4.43. The monoisotopic (exact) mass is 278 g/mol. The first-order chi connectivity index (χ1) is 9.08. The summed E-state index contributed by atoms with van der Waals surface area (Å²) >= 11 is 5.95. The molecule has 0 atom stereocenters. The van der Waals surface area contributed by atoms with Gasteiger partial charge >= 0.3 is 6.03 Å². The quantitative estimate of drug-likeness (QED) is 0.838. The standard InChI is InChI=1S/C14H12ClFN2O/c1-9-10(15)5-4-8-12(9)17-14(19)18-13-7-3-2-6-11(13)16/h2-8H,1H3,(H2,17,18,19). The highest BCUT2D eigenvalue weighted by atomic mass is 35.5. The van der Waals surface area contributed by atoms with Crippen LogP contribution < -0.4 is 10.6 Å². The van der Waals surface area contributed by atoms with E-state index in [0.717, 1.165) is 5.56 Å². The molecule has 0 aliphatic carbocycles. The van der Waals surface area contributed by atoms with Crippen LogP contribution in [0.15, 0.2) is 42.5 Å². The lowest BCUT2D eigenvalue weighted by Crippen LogP contribution is -2.20. The van der Waals surface area contributed by atoms with Gasteiger partial charge in [-0.1, -0.05) is 29.8 Å². The molecule has 2 aromatic rings. The molecule has 0 saturated carbocycles. The van der Waals surface area contributed by atoms with E-state index in [1.165, 1.54) is 12.1 Å². The van der Waals surface area contributed by atoms with Gasteiger partial charge in [-0.2, -0.15) is 0 Å². The average molecular weight is 279 g/mol. The first-order valence-corrected chi connectivity index (χ1v) is 6.03. The Bertz CT molecular complexity index is 616. The van der Waals surface area contributed by atoms with E-state index in [4.69, 9.17) is 11.6 Å². The van der Waals surface area contributed by atoms with E-state index < -0.39 is 11.8 Å². The third kappa shape index (κ3) is 3.23. The lowest BCUT2D eigenvalue weighted by molar-refractivity contribution is 0.262. The predicted molar refractivity (Wildman–Crippen MR) is 75.2 cm³/mol. The second-order valence-electron chi connectivity index (χ2n) is 3.97. The second kappa shape index (κ2) is 5.71. The number of hydrogen-bond donors (Lipinski definition) is 2. The van der Waals surface area contributed by atoms with Crippen molar-refractivity contribution in [3.8, 4) is 0 Å². The van der Waals surface area contributed by atoms with E-state index in [-0.39, 0.29) is 5.69 Å². The molecule has 0 unspecified atom stereocenters. The van der Waals surface area contributed by atoms with Crippen LogP contribution in [0.5, 0.6) is 0 Å². The summed E-state index contributed by atoms with van der Waals surface area (Å²) in [6.45, 7) is 1.79. The second-order valence-corrected chi connectivity index (χ2v) is 4.38. The largest absolute Gasteiger partial charge is 0.323 e. The summed E-state index contributed by atoms with van der Waals surface area (Å²) < 4.78 is 13.4. The first kappa shape index (κ1) is 13.4. The van der Waals surface area contributed by atoms with Gasteiger partial charge in [0.05, 0.1) is 5.69 Å². The van der Waals surface area contributed by atoms with Crippen LogP contribution in [0, 0.1) is 12.7 Å². The minimum absolute atomic E-state index is 0.125. The lowest BCUT2D eigenvalue weighted by atomic mass is 10.2. The SMILES string of the molecule is Cc1c(Cl)cccc1NC(=O)Nc1ccccc1F. The summed E-state index contributed by atoms with van der Waals surface area (Å²) in [7, 11) is 0. The summed E-state index contributed by atoms with van der Waals surface area (Å²) in [4.78, 5) is 11.8. The van der Waals surface area contributed by atoms with Crippen molar-refractivity contribution in [3.05, 3.63) is 58.9 Å². The van der Waals surface area contributed by atoms with Crippen molar-refractivity contribution in [2.75, 3.05) is 10.6 Å². The molecule has 2 N–H and O–H groups in total. The van der Waals surface area contributed by atoms with Crippen molar-refractivity contribution in [1.29, 1.82) is 0 Å². The van der Waals surface area contributed by atoms with Gasteiger partial charge in [-0.05, 0) is 36.8 Å². The van der Waals surface area contributed by atoms with Crippen LogP contribution in [0.25, 0.3) is 0 Å². The minimum Gasteiger partial charge on any atom is -0.307 e. The number of amides is 2. The van der Waals surface area contributed by atoms with Gasteiger partial charge < -0.3 is 10.6 Å². The summed E-state index contributed by atoms with van der Waals surface area (Å²) in [6, 6.07) is 10.6. The average Bonchev–Trinajstić information content (AvgIpc) is 2.38. The minimum atomic E-state index is -0.518. The normalized spacial score (nSPS) is 10.1. The van der Waals surface area contributed by atoms with Gasteiger partial charge in [-0.3, -0.25) is 0 Å². The number of nitrogens with one attached hydrogen (secondary N) is 2. The van der Waals surface area contributed by atoms with Crippen molar-refractivity contribution in [3.63, 3.8) is 0 Å². The summed E-state index contributed by atoms with van der Waals surface area (Å²) in [6.07, 6.45) is 0. The zero-order chi connectivity index (χ0) is 13.8. The fraction of sp³-hybridized carbons (Fsp3) is 0.0714. The number of carbonyl (C=O) groups is 1. The molecule has 19 heavy (non-hydrogen) atoms. The Kier molecular flexibility index (Phi) is 4.02. The van der Waals surface area contributed by atoms with Gasteiger partial charge in [0, 0.05) is 10.7 Å². The van der Waals surface area contributed by atoms with Gasteiger partial charge in [0.2, 0.25) is 0 Å². The Morgan fingerprint density at radius 1 is 1.05 bits per heavy atom. The molecular formula is C14H12ClFN2O. The lowest BCUT2D eigenvalue weighted by Gasteiger charge is -2.11. The molecule has 0 radical (unpaired) electrons. The third-order valence-electron chi connectivity index (χ3n) is 2.64. The molecule has 2 aromatic carbocycles. The van der Waals surface area contributed by atoms with Gasteiger partial charge in [0.25, 0.3) is 0 Å². The van der Waals surface area contributed by atoms with Crippen LogP contribution in [0.1, 0.15) is 5.56 Å². The van der Waals surface area contributed by atoms with Crippen LogP contribution in [-0.4, -0.2) is 6.03 Å². The maximum absolute atomic E-state index is 13.4. The highest BCUT2D eigenvalue weighted by molar-refractivity contribution is 6.31. The fourth-order valence-electron chi connectivity index (χ4n) is 1.58. The van der Waals surface area contributed by atoms with Crippen LogP contribution in [-0.2, 0) is 0 Å². The number of anilines is 2. The number of carbonyl (C=O) groups excluding carboxylic acids is 1. The molecule has 5 heteroatoms. The molecule has 0 bridgehead atoms. The van der Waals surface area contributed by atoms with Crippen LogP contribution in [0.2, 0.25) is 5.02 Å². The molecule has 0 aliphatic rings. The van der Waals surface area contributed by atoms with Crippen molar-refractivity contribution >= 4 is 29.0 Å². The number of halogens is 2. The highest BCUT2D eigenvalue weighted by Gasteiger charge is 2.08. The summed E-state index contributed by atoms with van der Waals surface area (Å²) in [5.41, 5.74) is 1.47.